The molecule has 1 aliphatic rings. The van der Waals surface area contributed by atoms with Gasteiger partial charge in [-0.2, -0.15) is 0 Å². The fourth-order valence-electron chi connectivity index (χ4n) is 10.6. The molecule has 1 heterocycles. The maximum absolute atomic E-state index is 13.1. The van der Waals surface area contributed by atoms with Crippen molar-refractivity contribution in [3.05, 3.63) is 146 Å². The monoisotopic (exact) mass is 1220 g/mol. The predicted molar refractivity (Wildman–Crippen MR) is 377 cm³/mol. The second-order valence-corrected chi connectivity index (χ2v) is 24.3. The van der Waals surface area contributed by atoms with Crippen LogP contribution in [0.15, 0.2) is 146 Å². The zero-order chi connectivity index (χ0) is 63.5. The Balaban J connectivity index is 2.21. The second-order valence-electron chi connectivity index (χ2n) is 24.3. The molecule has 88 heavy (non-hydrogen) atoms. The molecule has 0 bridgehead atoms. The number of aliphatic hydroxyl groups is 5. The van der Waals surface area contributed by atoms with Crippen LogP contribution in [0.2, 0.25) is 0 Å². The van der Waals surface area contributed by atoms with Crippen LogP contribution >= 0.6 is 0 Å². The number of nitrogens with one attached hydrogen (secondary N) is 1. The third-order valence-electron chi connectivity index (χ3n) is 16.1. The van der Waals surface area contributed by atoms with Gasteiger partial charge in [-0.05, 0) is 109 Å². The van der Waals surface area contributed by atoms with E-state index in [1.54, 1.807) is 6.08 Å². The normalized spacial score (nSPS) is 18.8. The van der Waals surface area contributed by atoms with Gasteiger partial charge in [0.25, 0.3) is 0 Å². The molecule has 0 radical (unpaired) electrons. The highest BCUT2D eigenvalue weighted by Gasteiger charge is 2.44. The molecule has 1 rings (SSSR count). The first-order valence-electron chi connectivity index (χ1n) is 36.1. The van der Waals surface area contributed by atoms with E-state index in [9.17, 15) is 30.3 Å². The summed E-state index contributed by atoms with van der Waals surface area (Å²) in [4.78, 5) is 13.1. The van der Waals surface area contributed by atoms with Crippen LogP contribution < -0.4 is 5.32 Å². The maximum Gasteiger partial charge on any atom is 0.220 e. The molecular formula is C79H133NO8. The molecule has 7 atom stereocenters. The minimum absolute atomic E-state index is 0.228. The molecule has 0 spiro atoms. The zero-order valence-corrected chi connectivity index (χ0v) is 56.2. The summed E-state index contributed by atoms with van der Waals surface area (Å²) in [6.45, 7) is 3.64. The summed E-state index contributed by atoms with van der Waals surface area (Å²) in [6.07, 6.45) is 95.3. The average molecular weight is 1220 g/mol. The van der Waals surface area contributed by atoms with Crippen molar-refractivity contribution in [3.8, 4) is 0 Å². The van der Waals surface area contributed by atoms with E-state index >= 15 is 0 Å². The molecule has 1 aliphatic heterocycles. The van der Waals surface area contributed by atoms with Gasteiger partial charge in [-0.25, -0.2) is 0 Å². The van der Waals surface area contributed by atoms with Gasteiger partial charge in [0.15, 0.2) is 6.29 Å². The van der Waals surface area contributed by atoms with Crippen molar-refractivity contribution in [3.63, 3.8) is 0 Å². The number of rotatable bonds is 61. The number of aliphatic hydroxyl groups excluding tert-OH is 5. The van der Waals surface area contributed by atoms with Gasteiger partial charge in [0.1, 0.15) is 24.4 Å². The lowest BCUT2D eigenvalue weighted by Gasteiger charge is -2.40. The van der Waals surface area contributed by atoms with Crippen molar-refractivity contribution < 1.29 is 39.8 Å². The third kappa shape index (κ3) is 53.9. The number of carbonyl (C=O) groups is 1. The standard InChI is InChI=1S/C79H133NO8/c1-3-5-7-9-11-13-15-17-19-21-23-25-27-29-31-33-35-37-39-41-43-45-47-49-51-53-55-57-59-61-63-65-67-69-75(83)80-72(71-87-79-78(86)77(85)76(84)74(70-81)88-79)73(82)68-66-64-62-60-58-56-54-52-50-48-46-44-42-40-38-36-34-32-30-28-26-24-22-20-18-16-14-12-10-8-6-4-2/h5,7,11,13,17,19,23,25,29,31,35,37,41,43,47,49,53,55,58-61,66,68,72-74,76-79,81-82,84-86H,3-4,6,8-10,12,14-16,18,20-22,24,26-28,30,32-34,36,38-40,42,44-46,48,50-52,54,56-57,62-65,67,69-71H2,1-2H3,(H,80,83)/b7-5-,13-11-,19-17-,25-23-,31-29-,37-35-,43-41-,49-47-,55-53-,60-58+,61-59-,68-66+. The molecular weight excluding hydrogens is 1090 g/mol. The maximum atomic E-state index is 13.1. The van der Waals surface area contributed by atoms with Crippen molar-refractivity contribution in [1.82, 2.24) is 5.32 Å². The topological polar surface area (TPSA) is 149 Å². The average Bonchev–Trinajstić information content (AvgIpc) is 3.65. The molecule has 1 fully saturated rings. The van der Waals surface area contributed by atoms with E-state index in [0.29, 0.717) is 6.42 Å². The van der Waals surface area contributed by atoms with E-state index in [0.717, 1.165) is 96.3 Å². The fourth-order valence-corrected chi connectivity index (χ4v) is 10.6. The molecule has 6 N–H and O–H groups in total. The van der Waals surface area contributed by atoms with Crippen molar-refractivity contribution in [2.45, 2.75) is 333 Å². The minimum atomic E-state index is -1.59. The summed E-state index contributed by atoms with van der Waals surface area (Å²) in [5.41, 5.74) is 0. The van der Waals surface area contributed by atoms with E-state index in [2.05, 4.69) is 153 Å². The largest absolute Gasteiger partial charge is 0.394 e. The van der Waals surface area contributed by atoms with Crippen LogP contribution in [-0.4, -0.2) is 87.5 Å². The summed E-state index contributed by atoms with van der Waals surface area (Å²) in [5.74, 6) is -0.232. The Morgan fingerprint density at radius 3 is 1.09 bits per heavy atom. The number of carbonyl (C=O) groups excluding carboxylic acids is 1. The Morgan fingerprint density at radius 1 is 0.398 bits per heavy atom. The zero-order valence-electron chi connectivity index (χ0n) is 56.2. The Kier molecular flexibility index (Phi) is 61.6. The van der Waals surface area contributed by atoms with Crippen molar-refractivity contribution in [2.24, 2.45) is 0 Å². The molecule has 0 aromatic carbocycles. The van der Waals surface area contributed by atoms with Crippen LogP contribution in [0.4, 0.5) is 0 Å². The summed E-state index contributed by atoms with van der Waals surface area (Å²) in [6, 6.07) is -0.859. The fraction of sp³-hybridized carbons (Fsp3) is 0.684. The van der Waals surface area contributed by atoms with E-state index in [4.69, 9.17) is 9.47 Å². The van der Waals surface area contributed by atoms with E-state index < -0.39 is 49.5 Å². The van der Waals surface area contributed by atoms with Crippen LogP contribution in [0.5, 0.6) is 0 Å². The first-order chi connectivity index (χ1) is 43.3. The summed E-state index contributed by atoms with van der Waals surface area (Å²) in [5, 5.41) is 54.7. The molecule has 1 amide bonds. The lowest BCUT2D eigenvalue weighted by molar-refractivity contribution is -0.302. The number of ether oxygens (including phenoxy) is 2. The minimum Gasteiger partial charge on any atom is -0.394 e. The predicted octanol–water partition coefficient (Wildman–Crippen LogP) is 20.1. The van der Waals surface area contributed by atoms with E-state index in [1.165, 1.54) is 167 Å². The summed E-state index contributed by atoms with van der Waals surface area (Å²) < 4.78 is 11.3. The van der Waals surface area contributed by atoms with Crippen LogP contribution in [0.3, 0.4) is 0 Å². The van der Waals surface area contributed by atoms with Crippen LogP contribution in [-0.2, 0) is 14.3 Å². The summed E-state index contributed by atoms with van der Waals surface area (Å²) >= 11 is 0. The highest BCUT2D eigenvalue weighted by atomic mass is 16.7. The van der Waals surface area contributed by atoms with Crippen LogP contribution in [0.25, 0.3) is 0 Å². The van der Waals surface area contributed by atoms with Gasteiger partial charge in [-0.15, -0.1) is 0 Å². The number of hydrogen-bond acceptors (Lipinski definition) is 8. The van der Waals surface area contributed by atoms with Gasteiger partial charge in [0.05, 0.1) is 25.4 Å². The molecule has 9 nitrogen and oxygen atoms in total. The Bertz CT molecular complexity index is 1900. The van der Waals surface area contributed by atoms with Crippen molar-refractivity contribution >= 4 is 5.91 Å². The number of allylic oxidation sites excluding steroid dienone is 23. The van der Waals surface area contributed by atoms with Crippen molar-refractivity contribution in [2.75, 3.05) is 13.2 Å². The molecule has 7 unspecified atom stereocenters. The highest BCUT2D eigenvalue weighted by molar-refractivity contribution is 5.76. The SMILES string of the molecule is CC/C=C\C/C=C\C/C=C\C/C=C\C/C=C\C/C=C\C/C=C\C/C=C\C/C=C\C/C=C\CCCCC(=O)NC(COC1OC(CO)C(O)C(O)C1O)C(O)/C=C/CC/C=C/CCCCCCCCCCCCCCCCCCCCCCCCCCCC. The molecule has 0 aromatic heterocycles. The van der Waals surface area contributed by atoms with E-state index in [1.807, 2.05) is 6.08 Å². The van der Waals surface area contributed by atoms with Crippen LogP contribution in [0, 0.1) is 0 Å². The van der Waals surface area contributed by atoms with E-state index in [-0.39, 0.29) is 18.9 Å². The number of amides is 1. The first kappa shape index (κ1) is 82.1. The van der Waals surface area contributed by atoms with Gasteiger partial charge >= 0.3 is 0 Å². The first-order valence-corrected chi connectivity index (χ1v) is 36.1. The van der Waals surface area contributed by atoms with Gasteiger partial charge in [-0.3, -0.25) is 4.79 Å². The number of unbranched alkanes of at least 4 members (excludes halogenated alkanes) is 29. The van der Waals surface area contributed by atoms with Gasteiger partial charge in [0, 0.05) is 6.42 Å². The molecule has 9 heteroatoms. The van der Waals surface area contributed by atoms with Gasteiger partial charge in [-0.1, -0.05) is 320 Å². The van der Waals surface area contributed by atoms with Crippen LogP contribution in [0.1, 0.15) is 290 Å². The van der Waals surface area contributed by atoms with Gasteiger partial charge < -0.3 is 40.3 Å². The number of hydrogen-bond donors (Lipinski definition) is 6. The quantitative estimate of drug-likeness (QED) is 0.0261. The van der Waals surface area contributed by atoms with Gasteiger partial charge in [0.2, 0.25) is 5.91 Å². The second kappa shape index (κ2) is 66.0. The third-order valence-corrected chi connectivity index (χ3v) is 16.1. The molecule has 0 saturated carbocycles. The summed E-state index contributed by atoms with van der Waals surface area (Å²) in [7, 11) is 0. The molecule has 0 aliphatic carbocycles. The Hall–Kier alpha value is -3.93. The molecule has 0 aromatic rings. The Morgan fingerprint density at radius 2 is 0.716 bits per heavy atom. The smallest absolute Gasteiger partial charge is 0.220 e. The lowest BCUT2D eigenvalue weighted by Crippen LogP contribution is -2.60. The molecule has 502 valence electrons. The Labute approximate surface area is 540 Å². The highest BCUT2D eigenvalue weighted by Crippen LogP contribution is 2.23. The van der Waals surface area contributed by atoms with Crippen molar-refractivity contribution in [1.29, 1.82) is 0 Å². The lowest BCUT2D eigenvalue weighted by atomic mass is 9.99. The molecule has 1 saturated heterocycles.